The minimum Gasteiger partial charge on any atom is -0.493 e. The van der Waals surface area contributed by atoms with Gasteiger partial charge in [0, 0.05) is 29.8 Å². The van der Waals surface area contributed by atoms with Crippen molar-refractivity contribution in [1.82, 2.24) is 10.3 Å². The van der Waals surface area contributed by atoms with Crippen molar-refractivity contribution in [3.05, 3.63) is 82.0 Å². The summed E-state index contributed by atoms with van der Waals surface area (Å²) >= 11 is 3.64. The molecule has 1 heterocycles. The first-order chi connectivity index (χ1) is 14.2. The molecule has 29 heavy (non-hydrogen) atoms. The molecule has 0 spiro atoms. The van der Waals surface area contributed by atoms with Gasteiger partial charge in [0.2, 0.25) is 5.88 Å². The minimum absolute atomic E-state index is 0.493. The van der Waals surface area contributed by atoms with Crippen LogP contribution in [0.25, 0.3) is 0 Å². The second-order valence-corrected chi connectivity index (χ2v) is 7.42. The highest BCUT2D eigenvalue weighted by molar-refractivity contribution is 9.10. The number of nitrogens with one attached hydrogen (secondary N) is 1. The zero-order chi connectivity index (χ0) is 20.5. The predicted octanol–water partition coefficient (Wildman–Crippen LogP) is 4.91. The molecule has 3 rings (SSSR count). The van der Waals surface area contributed by atoms with E-state index >= 15 is 0 Å². The van der Waals surface area contributed by atoms with Crippen molar-refractivity contribution in [2.75, 3.05) is 20.3 Å². The van der Waals surface area contributed by atoms with Crippen LogP contribution in [0.5, 0.6) is 17.4 Å². The smallest absolute Gasteiger partial charge is 0.213 e. The Balaban J connectivity index is 1.53. The van der Waals surface area contributed by atoms with Gasteiger partial charge in [0.05, 0.1) is 7.11 Å². The number of methoxy groups -OCH3 is 1. The van der Waals surface area contributed by atoms with E-state index in [0.717, 1.165) is 15.6 Å². The lowest BCUT2D eigenvalue weighted by atomic mass is 10.1. The lowest BCUT2D eigenvalue weighted by Crippen LogP contribution is -2.21. The lowest BCUT2D eigenvalue weighted by molar-refractivity contribution is 0.284. The molecule has 0 saturated heterocycles. The Labute approximate surface area is 180 Å². The van der Waals surface area contributed by atoms with Crippen LogP contribution in [0.3, 0.4) is 0 Å². The molecule has 0 aliphatic heterocycles. The van der Waals surface area contributed by atoms with Crippen molar-refractivity contribution in [3.8, 4) is 17.4 Å². The van der Waals surface area contributed by atoms with Gasteiger partial charge in [0.25, 0.3) is 0 Å². The van der Waals surface area contributed by atoms with E-state index in [2.05, 4.69) is 51.4 Å². The topological polar surface area (TPSA) is 52.6 Å². The van der Waals surface area contributed by atoms with E-state index in [1.807, 2.05) is 36.4 Å². The standard InChI is InChI=1S/C23H25BrN2O3/c1-17-6-5-7-18(12-17)16-29-22-14-20(24)19(13-21(22)27-2)15-25-10-11-28-23-8-3-4-9-26-23/h3-9,12-14,25H,10-11,15-16H2,1-2H3. The Morgan fingerprint density at radius 1 is 1.00 bits per heavy atom. The van der Waals surface area contributed by atoms with Gasteiger partial charge in [0.1, 0.15) is 13.2 Å². The number of hydrogen-bond acceptors (Lipinski definition) is 5. The number of rotatable bonds is 10. The Bertz CT molecular complexity index is 919. The molecule has 0 radical (unpaired) electrons. The van der Waals surface area contributed by atoms with Crippen LogP contribution in [0.15, 0.2) is 65.3 Å². The van der Waals surface area contributed by atoms with Crippen molar-refractivity contribution in [1.29, 1.82) is 0 Å². The zero-order valence-electron chi connectivity index (χ0n) is 16.7. The number of pyridine rings is 1. The van der Waals surface area contributed by atoms with Gasteiger partial charge in [-0.05, 0) is 36.2 Å². The maximum Gasteiger partial charge on any atom is 0.213 e. The van der Waals surface area contributed by atoms with Crippen LogP contribution in [0.1, 0.15) is 16.7 Å². The summed E-state index contributed by atoms with van der Waals surface area (Å²) < 4.78 is 18.1. The quantitative estimate of drug-likeness (QED) is 0.439. The Morgan fingerprint density at radius 2 is 1.90 bits per heavy atom. The molecule has 0 atom stereocenters. The second-order valence-electron chi connectivity index (χ2n) is 6.57. The fourth-order valence-corrected chi connectivity index (χ4v) is 3.29. The third kappa shape index (κ3) is 6.48. The number of halogens is 1. The van der Waals surface area contributed by atoms with Crippen molar-refractivity contribution in [2.24, 2.45) is 0 Å². The van der Waals surface area contributed by atoms with Crippen LogP contribution in [0.2, 0.25) is 0 Å². The lowest BCUT2D eigenvalue weighted by Gasteiger charge is -2.15. The Kier molecular flexibility index (Phi) is 7.90. The Hall–Kier alpha value is -2.57. The second kappa shape index (κ2) is 10.8. The van der Waals surface area contributed by atoms with Crippen LogP contribution in [-0.4, -0.2) is 25.2 Å². The van der Waals surface area contributed by atoms with E-state index in [4.69, 9.17) is 14.2 Å². The average Bonchev–Trinajstić information content (AvgIpc) is 2.74. The first-order valence-electron chi connectivity index (χ1n) is 9.45. The van der Waals surface area contributed by atoms with Crippen LogP contribution < -0.4 is 19.5 Å². The molecule has 0 saturated carbocycles. The number of aromatic nitrogens is 1. The molecular formula is C23H25BrN2O3. The summed E-state index contributed by atoms with van der Waals surface area (Å²) in [6, 6.07) is 17.8. The van der Waals surface area contributed by atoms with E-state index < -0.39 is 0 Å². The molecule has 152 valence electrons. The number of hydrogen-bond donors (Lipinski definition) is 1. The summed E-state index contributed by atoms with van der Waals surface area (Å²) in [6.45, 7) is 4.50. The largest absolute Gasteiger partial charge is 0.493 e. The highest BCUT2D eigenvalue weighted by Gasteiger charge is 2.11. The van der Waals surface area contributed by atoms with Crippen molar-refractivity contribution >= 4 is 15.9 Å². The maximum atomic E-state index is 5.99. The zero-order valence-corrected chi connectivity index (χ0v) is 18.2. The van der Waals surface area contributed by atoms with E-state index in [9.17, 15) is 0 Å². The van der Waals surface area contributed by atoms with Crippen molar-refractivity contribution < 1.29 is 14.2 Å². The minimum atomic E-state index is 0.493. The van der Waals surface area contributed by atoms with Gasteiger partial charge < -0.3 is 19.5 Å². The van der Waals surface area contributed by atoms with Crippen LogP contribution in [-0.2, 0) is 13.2 Å². The summed E-state index contributed by atoms with van der Waals surface area (Å²) in [5.41, 5.74) is 3.43. The van der Waals surface area contributed by atoms with E-state index in [1.165, 1.54) is 5.56 Å². The van der Waals surface area contributed by atoms with Crippen LogP contribution in [0.4, 0.5) is 0 Å². The van der Waals surface area contributed by atoms with Crippen molar-refractivity contribution in [3.63, 3.8) is 0 Å². The SMILES string of the molecule is COc1cc(CNCCOc2ccccn2)c(Br)cc1OCc1cccc(C)c1. The maximum absolute atomic E-state index is 5.99. The first-order valence-corrected chi connectivity index (χ1v) is 10.2. The van der Waals surface area contributed by atoms with Gasteiger partial charge in [-0.25, -0.2) is 4.98 Å². The van der Waals surface area contributed by atoms with E-state index in [1.54, 1.807) is 13.3 Å². The Morgan fingerprint density at radius 3 is 2.66 bits per heavy atom. The molecule has 1 aromatic heterocycles. The van der Waals surface area contributed by atoms with Gasteiger partial charge in [-0.2, -0.15) is 0 Å². The van der Waals surface area contributed by atoms with Gasteiger partial charge in [-0.15, -0.1) is 0 Å². The summed E-state index contributed by atoms with van der Waals surface area (Å²) in [7, 11) is 1.65. The molecule has 2 aromatic carbocycles. The molecule has 5 nitrogen and oxygen atoms in total. The summed E-state index contributed by atoms with van der Waals surface area (Å²) in [4.78, 5) is 4.14. The highest BCUT2D eigenvalue weighted by Crippen LogP contribution is 2.34. The van der Waals surface area contributed by atoms with Gasteiger partial charge in [-0.1, -0.05) is 51.8 Å². The molecule has 0 unspecified atom stereocenters. The number of ether oxygens (including phenoxy) is 3. The molecule has 0 aliphatic rings. The normalized spacial score (nSPS) is 10.6. The average molecular weight is 457 g/mol. The van der Waals surface area contributed by atoms with Crippen LogP contribution >= 0.6 is 15.9 Å². The molecule has 0 fully saturated rings. The molecule has 6 heteroatoms. The third-order valence-electron chi connectivity index (χ3n) is 4.29. The molecule has 0 aliphatic carbocycles. The van der Waals surface area contributed by atoms with E-state index in [0.29, 0.717) is 43.7 Å². The monoisotopic (exact) mass is 456 g/mol. The highest BCUT2D eigenvalue weighted by atomic mass is 79.9. The van der Waals surface area contributed by atoms with Gasteiger partial charge in [0.15, 0.2) is 11.5 Å². The molecule has 0 bridgehead atoms. The predicted molar refractivity (Wildman–Crippen MR) is 118 cm³/mol. The number of nitrogens with zero attached hydrogens (tertiary/aromatic N) is 1. The van der Waals surface area contributed by atoms with Gasteiger partial charge >= 0.3 is 0 Å². The summed E-state index contributed by atoms with van der Waals surface area (Å²) in [5.74, 6) is 2.05. The molecular weight excluding hydrogens is 432 g/mol. The third-order valence-corrected chi connectivity index (χ3v) is 5.03. The molecule has 0 amide bonds. The molecule has 3 aromatic rings. The first kappa shape index (κ1) is 21.1. The fourth-order valence-electron chi connectivity index (χ4n) is 2.83. The van der Waals surface area contributed by atoms with Crippen molar-refractivity contribution in [2.45, 2.75) is 20.1 Å². The number of aryl methyl sites for hydroxylation is 1. The van der Waals surface area contributed by atoms with E-state index in [-0.39, 0.29) is 0 Å². The summed E-state index contributed by atoms with van der Waals surface area (Å²) in [5, 5.41) is 3.37. The molecule has 1 N–H and O–H groups in total. The fraction of sp³-hybridized carbons (Fsp3) is 0.261. The van der Waals surface area contributed by atoms with Gasteiger partial charge in [-0.3, -0.25) is 0 Å². The summed E-state index contributed by atoms with van der Waals surface area (Å²) in [6.07, 6.45) is 1.72. The van der Waals surface area contributed by atoms with Crippen LogP contribution in [0, 0.1) is 6.92 Å². The number of benzene rings is 2.